The van der Waals surface area contributed by atoms with Crippen molar-refractivity contribution in [2.24, 2.45) is 5.73 Å². The number of fused-ring (bicyclic) bond motifs is 1. The van der Waals surface area contributed by atoms with Crippen molar-refractivity contribution < 1.29 is 14.3 Å². The summed E-state index contributed by atoms with van der Waals surface area (Å²) in [6.45, 7) is 0. The lowest BCUT2D eigenvalue weighted by atomic mass is 10.0. The highest BCUT2D eigenvalue weighted by Crippen LogP contribution is 2.32. The summed E-state index contributed by atoms with van der Waals surface area (Å²) in [4.78, 5) is 12.4. The average Bonchev–Trinajstić information content (AvgIpc) is 2.78. The van der Waals surface area contributed by atoms with Gasteiger partial charge in [0.15, 0.2) is 0 Å². The van der Waals surface area contributed by atoms with Gasteiger partial charge in [-0.1, -0.05) is 23.7 Å². The van der Waals surface area contributed by atoms with Crippen molar-refractivity contribution in [3.8, 4) is 0 Å². The molecule has 0 radical (unpaired) electrons. The van der Waals surface area contributed by atoms with E-state index in [0.29, 0.717) is 17.7 Å². The Hall–Kier alpha value is -1.95. The molecule has 0 saturated carbocycles. The number of benzene rings is 2. The van der Waals surface area contributed by atoms with Gasteiger partial charge in [-0.3, -0.25) is 4.79 Å². The number of rotatable bonds is 2. The fraction of sp³-hybridized carbons (Fsp3) is 0.188. The summed E-state index contributed by atoms with van der Waals surface area (Å²) in [5.74, 6) is -0.893. The Morgan fingerprint density at radius 2 is 2.14 bits per heavy atom. The monoisotopic (exact) mass is 320 g/mol. The number of aliphatic hydroxyl groups excluding tert-OH is 1. The van der Waals surface area contributed by atoms with Crippen LogP contribution in [0.3, 0.4) is 0 Å². The van der Waals surface area contributed by atoms with E-state index in [-0.39, 0.29) is 10.9 Å². The number of carbonyl (C=O) groups is 1. The van der Waals surface area contributed by atoms with Gasteiger partial charge in [0.1, 0.15) is 5.82 Å². The van der Waals surface area contributed by atoms with E-state index in [1.165, 1.54) is 18.2 Å². The zero-order valence-electron chi connectivity index (χ0n) is 11.5. The molecule has 6 heteroatoms. The molecule has 1 amide bonds. The first-order chi connectivity index (χ1) is 10.5. The molecule has 4 nitrogen and oxygen atoms in total. The molecule has 2 unspecified atom stereocenters. The maximum Gasteiger partial charge on any atom is 0.255 e. The molecule has 0 saturated heterocycles. The lowest BCUT2D eigenvalue weighted by Crippen LogP contribution is -2.21. The van der Waals surface area contributed by atoms with E-state index in [2.05, 4.69) is 5.32 Å². The Morgan fingerprint density at radius 3 is 2.86 bits per heavy atom. The first-order valence-corrected chi connectivity index (χ1v) is 7.17. The Labute approximate surface area is 131 Å². The number of hydrogen-bond acceptors (Lipinski definition) is 3. The molecule has 2 aromatic carbocycles. The van der Waals surface area contributed by atoms with Crippen molar-refractivity contribution in [1.82, 2.24) is 0 Å². The van der Waals surface area contributed by atoms with Gasteiger partial charge in [0, 0.05) is 17.7 Å². The highest BCUT2D eigenvalue weighted by atomic mass is 35.5. The number of carbonyl (C=O) groups excluding carboxylic acids is 1. The second-order valence-corrected chi connectivity index (χ2v) is 5.66. The predicted molar refractivity (Wildman–Crippen MR) is 82.4 cm³/mol. The Bertz CT molecular complexity index is 751. The number of amides is 1. The highest BCUT2D eigenvalue weighted by molar-refractivity contribution is 6.31. The van der Waals surface area contributed by atoms with Gasteiger partial charge >= 0.3 is 0 Å². The summed E-state index contributed by atoms with van der Waals surface area (Å²) in [5, 5.41) is 12.5. The Balaban J connectivity index is 1.89. The molecule has 1 aliphatic carbocycles. The number of nitrogens with two attached hydrogens (primary N) is 1. The summed E-state index contributed by atoms with van der Waals surface area (Å²) >= 11 is 5.70. The van der Waals surface area contributed by atoms with E-state index >= 15 is 0 Å². The number of aliphatic hydroxyl groups is 1. The van der Waals surface area contributed by atoms with Crippen LogP contribution in [0, 0.1) is 5.82 Å². The first-order valence-electron chi connectivity index (χ1n) is 6.79. The molecule has 0 spiro atoms. The Kier molecular flexibility index (Phi) is 3.87. The standard InChI is InChI=1S/C16H14ClFN2O2/c17-12-6-8(4-5-13(12)18)20-16(22)10-3-1-2-9-11(10)7-14(21)15(9)19/h1-6,14-15,21H,7,19H2,(H,20,22). The van der Waals surface area contributed by atoms with Crippen LogP contribution in [0.1, 0.15) is 27.5 Å². The normalized spacial score (nSPS) is 19.8. The van der Waals surface area contributed by atoms with E-state index in [4.69, 9.17) is 17.3 Å². The van der Waals surface area contributed by atoms with E-state index in [1.807, 2.05) is 6.07 Å². The average molecular weight is 321 g/mol. The lowest BCUT2D eigenvalue weighted by molar-refractivity contribution is 0.102. The molecule has 0 fully saturated rings. The second-order valence-electron chi connectivity index (χ2n) is 5.25. The van der Waals surface area contributed by atoms with E-state index < -0.39 is 18.0 Å². The molecule has 4 N–H and O–H groups in total. The quantitative estimate of drug-likeness (QED) is 0.796. The number of halogens is 2. The van der Waals surface area contributed by atoms with Crippen molar-refractivity contribution in [3.05, 3.63) is 63.9 Å². The van der Waals surface area contributed by atoms with Gasteiger partial charge in [-0.15, -0.1) is 0 Å². The lowest BCUT2D eigenvalue weighted by Gasteiger charge is -2.10. The van der Waals surface area contributed by atoms with Crippen molar-refractivity contribution >= 4 is 23.2 Å². The van der Waals surface area contributed by atoms with Crippen LogP contribution in [0.15, 0.2) is 36.4 Å². The molecule has 0 aliphatic heterocycles. The Morgan fingerprint density at radius 1 is 1.36 bits per heavy atom. The largest absolute Gasteiger partial charge is 0.391 e. The zero-order chi connectivity index (χ0) is 15.9. The molecular weight excluding hydrogens is 307 g/mol. The van der Waals surface area contributed by atoms with Crippen molar-refractivity contribution in [2.45, 2.75) is 18.6 Å². The van der Waals surface area contributed by atoms with Gasteiger partial charge in [0.25, 0.3) is 5.91 Å². The van der Waals surface area contributed by atoms with Crippen molar-refractivity contribution in [1.29, 1.82) is 0 Å². The van der Waals surface area contributed by atoms with E-state index in [0.717, 1.165) is 11.1 Å². The fourth-order valence-electron chi connectivity index (χ4n) is 2.67. The molecule has 3 rings (SSSR count). The van der Waals surface area contributed by atoms with E-state index in [1.54, 1.807) is 12.1 Å². The van der Waals surface area contributed by atoms with Crippen molar-refractivity contribution in [2.75, 3.05) is 5.32 Å². The second kappa shape index (κ2) is 5.68. The summed E-state index contributed by atoms with van der Waals surface area (Å²) in [7, 11) is 0. The van der Waals surface area contributed by atoms with E-state index in [9.17, 15) is 14.3 Å². The third-order valence-electron chi connectivity index (χ3n) is 3.82. The van der Waals surface area contributed by atoms with Crippen LogP contribution in [0.2, 0.25) is 5.02 Å². The molecule has 114 valence electrons. The minimum atomic E-state index is -0.691. The van der Waals surface area contributed by atoms with Gasteiger partial charge in [0.05, 0.1) is 17.2 Å². The molecular formula is C16H14ClFN2O2. The summed E-state index contributed by atoms with van der Waals surface area (Å²) in [5.41, 5.74) is 8.28. The molecule has 2 aromatic rings. The van der Waals surface area contributed by atoms with Crippen LogP contribution in [-0.4, -0.2) is 17.1 Å². The van der Waals surface area contributed by atoms with Gasteiger partial charge < -0.3 is 16.2 Å². The summed E-state index contributed by atoms with van der Waals surface area (Å²) in [6, 6.07) is 8.69. The predicted octanol–water partition coefficient (Wildman–Crippen LogP) is 2.65. The summed E-state index contributed by atoms with van der Waals surface area (Å²) in [6.07, 6.45) is -0.353. The molecule has 2 atom stereocenters. The van der Waals surface area contributed by atoms with Gasteiger partial charge in [-0.05, 0) is 35.4 Å². The topological polar surface area (TPSA) is 75.4 Å². The molecule has 22 heavy (non-hydrogen) atoms. The van der Waals surface area contributed by atoms with Crippen LogP contribution >= 0.6 is 11.6 Å². The van der Waals surface area contributed by atoms with Crippen LogP contribution in [0.5, 0.6) is 0 Å². The highest BCUT2D eigenvalue weighted by Gasteiger charge is 2.31. The minimum absolute atomic E-state index is 0.0615. The zero-order valence-corrected chi connectivity index (χ0v) is 12.3. The summed E-state index contributed by atoms with van der Waals surface area (Å²) < 4.78 is 13.1. The number of anilines is 1. The molecule has 0 aromatic heterocycles. The third-order valence-corrected chi connectivity index (χ3v) is 4.11. The SMILES string of the molecule is NC1c2cccc(C(=O)Nc3ccc(F)c(Cl)c3)c2CC1O. The van der Waals surface area contributed by atoms with Gasteiger partial charge in [0.2, 0.25) is 0 Å². The number of hydrogen-bond donors (Lipinski definition) is 3. The fourth-order valence-corrected chi connectivity index (χ4v) is 2.85. The third kappa shape index (κ3) is 2.59. The van der Waals surface area contributed by atoms with Crippen LogP contribution in [0.25, 0.3) is 0 Å². The first kappa shape index (κ1) is 15.0. The van der Waals surface area contributed by atoms with Crippen molar-refractivity contribution in [3.63, 3.8) is 0 Å². The molecule has 1 aliphatic rings. The maximum absolute atomic E-state index is 13.1. The van der Waals surface area contributed by atoms with Crippen LogP contribution in [-0.2, 0) is 6.42 Å². The number of nitrogens with one attached hydrogen (secondary N) is 1. The van der Waals surface area contributed by atoms with Gasteiger partial charge in [-0.2, -0.15) is 0 Å². The van der Waals surface area contributed by atoms with Crippen LogP contribution < -0.4 is 11.1 Å². The van der Waals surface area contributed by atoms with Gasteiger partial charge in [-0.25, -0.2) is 4.39 Å². The molecule has 0 bridgehead atoms. The smallest absolute Gasteiger partial charge is 0.255 e. The minimum Gasteiger partial charge on any atom is -0.391 e. The maximum atomic E-state index is 13.1. The van der Waals surface area contributed by atoms with Crippen LogP contribution in [0.4, 0.5) is 10.1 Å². The molecule has 0 heterocycles.